The Morgan fingerprint density at radius 1 is 1.14 bits per heavy atom. The summed E-state index contributed by atoms with van der Waals surface area (Å²) in [5.74, 6) is -0.638. The molecule has 2 heterocycles. The first-order valence-corrected chi connectivity index (χ1v) is 9.71. The molecule has 0 saturated carbocycles. The summed E-state index contributed by atoms with van der Waals surface area (Å²) in [7, 11) is 0. The van der Waals surface area contributed by atoms with Gasteiger partial charge in [-0.3, -0.25) is 14.5 Å². The molecule has 0 radical (unpaired) electrons. The zero-order valence-corrected chi connectivity index (χ0v) is 17.1. The summed E-state index contributed by atoms with van der Waals surface area (Å²) in [6.07, 6.45) is 0.377. The number of esters is 1. The summed E-state index contributed by atoms with van der Waals surface area (Å²) >= 11 is 0. The minimum absolute atomic E-state index is 0.0166. The van der Waals surface area contributed by atoms with E-state index in [0.29, 0.717) is 44.7 Å². The lowest BCUT2D eigenvalue weighted by molar-refractivity contribution is -0.153. The number of nitrogens with zero attached hydrogens (tertiary/aromatic N) is 2. The summed E-state index contributed by atoms with van der Waals surface area (Å²) in [6.45, 7) is 10.1. The number of amides is 2. The van der Waals surface area contributed by atoms with Crippen molar-refractivity contribution < 1.29 is 19.1 Å². The van der Waals surface area contributed by atoms with E-state index >= 15 is 0 Å². The van der Waals surface area contributed by atoms with E-state index in [4.69, 9.17) is 4.74 Å². The third kappa shape index (κ3) is 4.52. The average molecular weight is 387 g/mol. The SMILES string of the molecule is CC(C)(C)NC(=O)CN1CCN(C(=O)[C@@]2(C)Cc3ccccc3C(=O)O2)CC1. The van der Waals surface area contributed by atoms with Gasteiger partial charge in [-0.15, -0.1) is 0 Å². The number of rotatable bonds is 3. The van der Waals surface area contributed by atoms with Crippen LogP contribution in [0.2, 0.25) is 0 Å². The van der Waals surface area contributed by atoms with Gasteiger partial charge < -0.3 is 15.0 Å². The molecule has 0 bridgehead atoms. The molecule has 0 aromatic heterocycles. The van der Waals surface area contributed by atoms with Crippen LogP contribution < -0.4 is 5.32 Å². The van der Waals surface area contributed by atoms with Crippen LogP contribution in [0.3, 0.4) is 0 Å². The molecule has 0 aliphatic carbocycles. The summed E-state index contributed by atoms with van der Waals surface area (Å²) in [5.41, 5.74) is -0.0727. The molecule has 2 amide bonds. The largest absolute Gasteiger partial charge is 0.445 e. The van der Waals surface area contributed by atoms with Crippen LogP contribution >= 0.6 is 0 Å². The van der Waals surface area contributed by atoms with Crippen molar-refractivity contribution in [3.05, 3.63) is 35.4 Å². The Balaban J connectivity index is 1.58. The molecule has 152 valence electrons. The maximum absolute atomic E-state index is 13.1. The summed E-state index contributed by atoms with van der Waals surface area (Å²) in [6, 6.07) is 7.25. The van der Waals surface area contributed by atoms with Gasteiger partial charge in [0, 0.05) is 38.1 Å². The van der Waals surface area contributed by atoms with Crippen LogP contribution in [-0.4, -0.2) is 71.4 Å². The van der Waals surface area contributed by atoms with Crippen molar-refractivity contribution in [2.45, 2.75) is 45.3 Å². The van der Waals surface area contributed by atoms with Crippen molar-refractivity contribution in [3.8, 4) is 0 Å². The monoisotopic (exact) mass is 387 g/mol. The second kappa shape index (κ2) is 7.54. The van der Waals surface area contributed by atoms with Gasteiger partial charge in [-0.05, 0) is 39.3 Å². The first-order valence-electron chi connectivity index (χ1n) is 9.71. The van der Waals surface area contributed by atoms with Gasteiger partial charge in [0.05, 0.1) is 12.1 Å². The van der Waals surface area contributed by atoms with Crippen LogP contribution in [0.4, 0.5) is 0 Å². The lowest BCUT2D eigenvalue weighted by atomic mass is 9.88. The Morgan fingerprint density at radius 2 is 1.79 bits per heavy atom. The van der Waals surface area contributed by atoms with E-state index in [1.165, 1.54) is 0 Å². The molecular formula is C21H29N3O4. The smallest absolute Gasteiger partial charge is 0.339 e. The van der Waals surface area contributed by atoms with Crippen LogP contribution in [0.25, 0.3) is 0 Å². The third-order valence-corrected chi connectivity index (χ3v) is 5.08. The summed E-state index contributed by atoms with van der Waals surface area (Å²) in [5, 5.41) is 2.95. The number of nitrogens with one attached hydrogen (secondary N) is 1. The Kier molecular flexibility index (Phi) is 5.48. The lowest BCUT2D eigenvalue weighted by Crippen LogP contribution is -2.58. The molecule has 1 saturated heterocycles. The van der Waals surface area contributed by atoms with E-state index < -0.39 is 11.6 Å². The fourth-order valence-corrected chi connectivity index (χ4v) is 3.76. The highest BCUT2D eigenvalue weighted by Gasteiger charge is 2.45. The number of benzene rings is 1. The normalized spacial score (nSPS) is 23.0. The Hall–Kier alpha value is -2.41. The molecular weight excluding hydrogens is 358 g/mol. The molecule has 28 heavy (non-hydrogen) atoms. The fourth-order valence-electron chi connectivity index (χ4n) is 3.76. The predicted molar refractivity (Wildman–Crippen MR) is 105 cm³/mol. The van der Waals surface area contributed by atoms with Crippen LogP contribution in [0.15, 0.2) is 24.3 Å². The molecule has 3 rings (SSSR count). The molecule has 7 nitrogen and oxygen atoms in total. The highest BCUT2D eigenvalue weighted by atomic mass is 16.6. The Bertz CT molecular complexity index is 778. The number of piperazine rings is 1. The Labute approximate surface area is 166 Å². The van der Waals surface area contributed by atoms with E-state index in [-0.39, 0.29) is 17.4 Å². The molecule has 1 N–H and O–H groups in total. The minimum atomic E-state index is -1.18. The van der Waals surface area contributed by atoms with Crippen molar-refractivity contribution in [3.63, 3.8) is 0 Å². The number of fused-ring (bicyclic) bond motifs is 1. The van der Waals surface area contributed by atoms with E-state index in [2.05, 4.69) is 5.32 Å². The van der Waals surface area contributed by atoms with Crippen molar-refractivity contribution in [1.82, 2.24) is 15.1 Å². The number of ether oxygens (including phenoxy) is 1. The maximum Gasteiger partial charge on any atom is 0.339 e. The van der Waals surface area contributed by atoms with E-state index in [1.54, 1.807) is 24.0 Å². The zero-order chi connectivity index (χ0) is 20.5. The summed E-state index contributed by atoms with van der Waals surface area (Å²) < 4.78 is 5.55. The van der Waals surface area contributed by atoms with Crippen LogP contribution in [0, 0.1) is 0 Å². The molecule has 1 atom stereocenters. The molecule has 7 heteroatoms. The molecule has 1 aromatic rings. The lowest BCUT2D eigenvalue weighted by Gasteiger charge is -2.40. The second-order valence-corrected chi connectivity index (χ2v) is 8.82. The molecule has 1 fully saturated rings. The fraction of sp³-hybridized carbons (Fsp3) is 0.571. The maximum atomic E-state index is 13.1. The van der Waals surface area contributed by atoms with E-state index in [9.17, 15) is 14.4 Å². The van der Waals surface area contributed by atoms with Crippen molar-refractivity contribution in [2.75, 3.05) is 32.7 Å². The molecule has 2 aliphatic rings. The number of hydrogen-bond donors (Lipinski definition) is 1. The molecule has 0 spiro atoms. The average Bonchev–Trinajstić information content (AvgIpc) is 2.60. The van der Waals surface area contributed by atoms with Gasteiger partial charge in [-0.25, -0.2) is 4.79 Å². The van der Waals surface area contributed by atoms with Crippen LogP contribution in [0.1, 0.15) is 43.6 Å². The Morgan fingerprint density at radius 3 is 2.43 bits per heavy atom. The van der Waals surface area contributed by atoms with Gasteiger partial charge >= 0.3 is 5.97 Å². The van der Waals surface area contributed by atoms with Crippen molar-refractivity contribution in [2.24, 2.45) is 0 Å². The number of hydrogen-bond acceptors (Lipinski definition) is 5. The quantitative estimate of drug-likeness (QED) is 0.789. The van der Waals surface area contributed by atoms with Gasteiger partial charge in [0.1, 0.15) is 0 Å². The zero-order valence-electron chi connectivity index (χ0n) is 17.1. The molecule has 1 aromatic carbocycles. The summed E-state index contributed by atoms with van der Waals surface area (Å²) in [4.78, 5) is 41.3. The number of carbonyl (C=O) groups is 3. The predicted octanol–water partition coefficient (Wildman–Crippen LogP) is 1.22. The highest BCUT2D eigenvalue weighted by Crippen LogP contribution is 2.30. The molecule has 0 unspecified atom stereocenters. The standard InChI is InChI=1S/C21H29N3O4/c1-20(2,3)22-17(25)14-23-9-11-24(12-10-23)19(27)21(4)13-15-7-5-6-8-16(15)18(26)28-21/h5-8H,9-14H2,1-4H3,(H,22,25)/t21-/m1/s1. The molecule has 2 aliphatic heterocycles. The van der Waals surface area contributed by atoms with Gasteiger partial charge in [0.15, 0.2) is 5.60 Å². The first-order chi connectivity index (χ1) is 13.1. The van der Waals surface area contributed by atoms with Crippen molar-refractivity contribution >= 4 is 17.8 Å². The van der Waals surface area contributed by atoms with Gasteiger partial charge in [-0.2, -0.15) is 0 Å². The highest BCUT2D eigenvalue weighted by molar-refractivity contribution is 5.97. The van der Waals surface area contributed by atoms with Gasteiger partial charge in [-0.1, -0.05) is 18.2 Å². The van der Waals surface area contributed by atoms with Crippen LogP contribution in [0.5, 0.6) is 0 Å². The van der Waals surface area contributed by atoms with Crippen LogP contribution in [-0.2, 0) is 20.7 Å². The van der Waals surface area contributed by atoms with Crippen molar-refractivity contribution in [1.29, 1.82) is 0 Å². The topological polar surface area (TPSA) is 79.0 Å². The first kappa shape index (κ1) is 20.3. The number of cyclic esters (lactones) is 1. The van der Waals surface area contributed by atoms with E-state index in [0.717, 1.165) is 5.56 Å². The minimum Gasteiger partial charge on any atom is -0.445 e. The van der Waals surface area contributed by atoms with Gasteiger partial charge in [0.25, 0.3) is 5.91 Å². The third-order valence-electron chi connectivity index (χ3n) is 5.08. The number of carbonyl (C=O) groups excluding carboxylic acids is 3. The van der Waals surface area contributed by atoms with E-state index in [1.807, 2.05) is 37.8 Å². The van der Waals surface area contributed by atoms with Gasteiger partial charge in [0.2, 0.25) is 5.91 Å². The second-order valence-electron chi connectivity index (χ2n) is 8.82.